The van der Waals surface area contributed by atoms with Crippen LogP contribution in [0.4, 0.5) is 0 Å². The lowest BCUT2D eigenvalue weighted by atomic mass is 9.94. The normalized spacial score (nSPS) is 40.8. The van der Waals surface area contributed by atoms with Gasteiger partial charge in [0.05, 0.1) is 25.4 Å². The first kappa shape index (κ1) is 6.62. The first-order valence-corrected chi connectivity index (χ1v) is 4.20. The molecule has 1 saturated heterocycles. The van der Waals surface area contributed by atoms with Crippen LogP contribution >= 0.6 is 0 Å². The second kappa shape index (κ2) is 2.89. The highest BCUT2D eigenvalue weighted by atomic mass is 16.6. The van der Waals surface area contributed by atoms with E-state index in [0.29, 0.717) is 12.2 Å². The average molecular weight is 142 g/mol. The van der Waals surface area contributed by atoms with Crippen LogP contribution in [0.3, 0.4) is 0 Å². The van der Waals surface area contributed by atoms with Crippen molar-refractivity contribution in [1.29, 1.82) is 0 Å². The molecule has 0 amide bonds. The van der Waals surface area contributed by atoms with Crippen molar-refractivity contribution in [2.75, 3.05) is 13.2 Å². The molecule has 0 radical (unpaired) electrons. The summed E-state index contributed by atoms with van der Waals surface area (Å²) in [6.45, 7) is 1.61. The zero-order chi connectivity index (χ0) is 6.81. The lowest BCUT2D eigenvalue weighted by Crippen LogP contribution is -2.40. The van der Waals surface area contributed by atoms with E-state index in [9.17, 15) is 0 Å². The van der Waals surface area contributed by atoms with E-state index in [1.807, 2.05) is 0 Å². The molecule has 0 N–H and O–H groups in total. The Hall–Kier alpha value is -0.0800. The zero-order valence-electron chi connectivity index (χ0n) is 6.21. The molecule has 1 heterocycles. The van der Waals surface area contributed by atoms with Crippen LogP contribution in [0.25, 0.3) is 0 Å². The monoisotopic (exact) mass is 142 g/mol. The first-order chi connectivity index (χ1) is 4.97. The maximum Gasteiger partial charge on any atom is 0.0837 e. The summed E-state index contributed by atoms with van der Waals surface area (Å²) in [6, 6.07) is 0. The number of rotatable bonds is 0. The second-order valence-corrected chi connectivity index (χ2v) is 3.10. The SMILES string of the molecule is C1CC[C@@H]2OCCO[C@H]2C1. The number of hydrogen-bond donors (Lipinski definition) is 0. The highest BCUT2D eigenvalue weighted by molar-refractivity contribution is 4.78. The molecule has 58 valence electrons. The molecule has 2 aliphatic rings. The molecular formula is C8H14O2. The average Bonchev–Trinajstić information content (AvgIpc) is 2.05. The minimum absolute atomic E-state index is 0.433. The third-order valence-electron chi connectivity index (χ3n) is 2.39. The Bertz CT molecular complexity index is 87.8. The molecular weight excluding hydrogens is 128 g/mol. The Morgan fingerprint density at radius 1 is 0.800 bits per heavy atom. The molecule has 1 aliphatic heterocycles. The van der Waals surface area contributed by atoms with E-state index < -0.39 is 0 Å². The third kappa shape index (κ3) is 1.18. The van der Waals surface area contributed by atoms with Gasteiger partial charge in [0.1, 0.15) is 0 Å². The van der Waals surface area contributed by atoms with Crippen molar-refractivity contribution in [3.63, 3.8) is 0 Å². The van der Waals surface area contributed by atoms with E-state index in [4.69, 9.17) is 9.47 Å². The molecule has 2 atom stereocenters. The van der Waals surface area contributed by atoms with E-state index in [1.165, 1.54) is 25.7 Å². The summed E-state index contributed by atoms with van der Waals surface area (Å²) >= 11 is 0. The van der Waals surface area contributed by atoms with Crippen LogP contribution in [0.15, 0.2) is 0 Å². The molecule has 2 heteroatoms. The van der Waals surface area contributed by atoms with Gasteiger partial charge >= 0.3 is 0 Å². The van der Waals surface area contributed by atoms with Gasteiger partial charge in [-0.15, -0.1) is 0 Å². The van der Waals surface area contributed by atoms with Gasteiger partial charge in [-0.1, -0.05) is 12.8 Å². The fourth-order valence-corrected chi connectivity index (χ4v) is 1.84. The van der Waals surface area contributed by atoms with Crippen molar-refractivity contribution in [1.82, 2.24) is 0 Å². The molecule has 0 unspecified atom stereocenters. The van der Waals surface area contributed by atoms with Crippen LogP contribution in [-0.4, -0.2) is 25.4 Å². The second-order valence-electron chi connectivity index (χ2n) is 3.10. The van der Waals surface area contributed by atoms with Crippen LogP contribution in [0.5, 0.6) is 0 Å². The Morgan fingerprint density at radius 3 is 1.80 bits per heavy atom. The smallest absolute Gasteiger partial charge is 0.0837 e. The maximum atomic E-state index is 5.56. The van der Waals surface area contributed by atoms with Gasteiger partial charge < -0.3 is 9.47 Å². The van der Waals surface area contributed by atoms with E-state index >= 15 is 0 Å². The lowest BCUT2D eigenvalue weighted by molar-refractivity contribution is -0.153. The lowest BCUT2D eigenvalue weighted by Gasteiger charge is -2.35. The summed E-state index contributed by atoms with van der Waals surface area (Å²) < 4.78 is 11.1. The predicted octanol–water partition coefficient (Wildman–Crippen LogP) is 1.34. The first-order valence-electron chi connectivity index (χ1n) is 4.20. The topological polar surface area (TPSA) is 18.5 Å². The molecule has 0 aromatic rings. The summed E-state index contributed by atoms with van der Waals surface area (Å²) in [7, 11) is 0. The molecule has 2 rings (SSSR count). The molecule has 1 saturated carbocycles. The highest BCUT2D eigenvalue weighted by Crippen LogP contribution is 2.25. The number of fused-ring (bicyclic) bond motifs is 1. The highest BCUT2D eigenvalue weighted by Gasteiger charge is 2.28. The van der Waals surface area contributed by atoms with E-state index in [-0.39, 0.29) is 0 Å². The minimum atomic E-state index is 0.433. The number of hydrogen-bond acceptors (Lipinski definition) is 2. The summed E-state index contributed by atoms with van der Waals surface area (Å²) in [4.78, 5) is 0. The van der Waals surface area contributed by atoms with Gasteiger partial charge in [-0.2, -0.15) is 0 Å². The fraction of sp³-hybridized carbons (Fsp3) is 1.00. The minimum Gasteiger partial charge on any atom is -0.373 e. The molecule has 0 bridgehead atoms. The largest absolute Gasteiger partial charge is 0.373 e. The fourth-order valence-electron chi connectivity index (χ4n) is 1.84. The van der Waals surface area contributed by atoms with Crippen molar-refractivity contribution in [2.24, 2.45) is 0 Å². The predicted molar refractivity (Wildman–Crippen MR) is 37.9 cm³/mol. The van der Waals surface area contributed by atoms with Crippen LogP contribution in [0.2, 0.25) is 0 Å². The van der Waals surface area contributed by atoms with Crippen LogP contribution in [-0.2, 0) is 9.47 Å². The maximum absolute atomic E-state index is 5.56. The third-order valence-corrected chi connectivity index (χ3v) is 2.39. The van der Waals surface area contributed by atoms with Gasteiger partial charge in [-0.25, -0.2) is 0 Å². The van der Waals surface area contributed by atoms with Crippen LogP contribution < -0.4 is 0 Å². The van der Waals surface area contributed by atoms with Crippen molar-refractivity contribution in [3.8, 4) is 0 Å². The van der Waals surface area contributed by atoms with Gasteiger partial charge in [-0.3, -0.25) is 0 Å². The zero-order valence-corrected chi connectivity index (χ0v) is 6.21. The molecule has 1 aliphatic carbocycles. The molecule has 10 heavy (non-hydrogen) atoms. The van der Waals surface area contributed by atoms with Gasteiger partial charge in [0.25, 0.3) is 0 Å². The Morgan fingerprint density at radius 2 is 1.30 bits per heavy atom. The van der Waals surface area contributed by atoms with Crippen LogP contribution in [0.1, 0.15) is 25.7 Å². The summed E-state index contributed by atoms with van der Waals surface area (Å²) in [5.41, 5.74) is 0. The van der Waals surface area contributed by atoms with Crippen molar-refractivity contribution in [3.05, 3.63) is 0 Å². The van der Waals surface area contributed by atoms with Crippen molar-refractivity contribution in [2.45, 2.75) is 37.9 Å². The van der Waals surface area contributed by atoms with Crippen molar-refractivity contribution >= 4 is 0 Å². The van der Waals surface area contributed by atoms with Gasteiger partial charge in [0, 0.05) is 0 Å². The molecule has 2 nitrogen and oxygen atoms in total. The van der Waals surface area contributed by atoms with Gasteiger partial charge in [0.15, 0.2) is 0 Å². The summed E-state index contributed by atoms with van der Waals surface area (Å²) in [5.74, 6) is 0. The standard InChI is InChI=1S/C8H14O2/c1-2-4-8-7(3-1)9-5-6-10-8/h7-8H,1-6H2/t7-,8-/m0/s1. The Balaban J connectivity index is 1.93. The van der Waals surface area contributed by atoms with E-state index in [1.54, 1.807) is 0 Å². The molecule has 2 fully saturated rings. The molecule has 0 aromatic carbocycles. The van der Waals surface area contributed by atoms with Crippen molar-refractivity contribution < 1.29 is 9.47 Å². The van der Waals surface area contributed by atoms with Crippen LogP contribution in [0, 0.1) is 0 Å². The summed E-state index contributed by atoms with van der Waals surface area (Å²) in [6.07, 6.45) is 5.94. The quantitative estimate of drug-likeness (QED) is 0.508. The van der Waals surface area contributed by atoms with E-state index in [0.717, 1.165) is 13.2 Å². The van der Waals surface area contributed by atoms with E-state index in [2.05, 4.69) is 0 Å². The molecule has 0 spiro atoms. The van der Waals surface area contributed by atoms with Gasteiger partial charge in [-0.05, 0) is 12.8 Å². The summed E-state index contributed by atoms with van der Waals surface area (Å²) in [5, 5.41) is 0. The number of ether oxygens (including phenoxy) is 2. The Kier molecular flexibility index (Phi) is 1.91. The Labute approximate surface area is 61.5 Å². The molecule has 0 aromatic heterocycles. The van der Waals surface area contributed by atoms with Gasteiger partial charge in [0.2, 0.25) is 0 Å².